The zero-order valence-corrected chi connectivity index (χ0v) is 33.5. The predicted octanol–water partition coefficient (Wildman–Crippen LogP) is 14.4. The fourth-order valence-corrected chi connectivity index (χ4v) is 10.3. The topological polar surface area (TPSA) is 51.8 Å². The number of pyridine rings is 1. The van der Waals surface area contributed by atoms with Crippen LogP contribution < -0.4 is 0 Å². The van der Waals surface area contributed by atoms with Crippen molar-refractivity contribution in [3.63, 3.8) is 0 Å². The van der Waals surface area contributed by atoms with E-state index in [4.69, 9.17) is 14.4 Å². The summed E-state index contributed by atoms with van der Waals surface area (Å²) in [6.07, 6.45) is 3.69. The van der Waals surface area contributed by atoms with Crippen molar-refractivity contribution in [2.45, 2.75) is 5.41 Å². The molecule has 1 spiro atoms. The molecule has 3 aromatic heterocycles. The third-order valence-corrected chi connectivity index (χ3v) is 13.0. The number of furan rings is 1. The van der Waals surface area contributed by atoms with Gasteiger partial charge in [-0.3, -0.25) is 4.98 Å². The van der Waals surface area contributed by atoms with Gasteiger partial charge >= 0.3 is 0 Å². The summed E-state index contributed by atoms with van der Waals surface area (Å²) in [7, 11) is 0. The van der Waals surface area contributed by atoms with Gasteiger partial charge in [0.15, 0.2) is 5.82 Å². The summed E-state index contributed by atoms with van der Waals surface area (Å²) in [5.74, 6) is 0.670. The molecule has 0 fully saturated rings. The number of hydrogen-bond acceptors (Lipinski definition) is 4. The number of hydrogen-bond donors (Lipinski definition) is 0. The molecular formula is C58H35N3O. The van der Waals surface area contributed by atoms with Gasteiger partial charge in [-0.1, -0.05) is 164 Å². The Morgan fingerprint density at radius 1 is 0.339 bits per heavy atom. The number of para-hydroxylation sites is 1. The molecule has 288 valence electrons. The number of fused-ring (bicyclic) bond motifs is 15. The molecule has 0 saturated heterocycles. The molecule has 0 amide bonds. The summed E-state index contributed by atoms with van der Waals surface area (Å²) in [6.45, 7) is 0. The number of benzene rings is 8. The van der Waals surface area contributed by atoms with Crippen molar-refractivity contribution in [1.82, 2.24) is 15.0 Å². The average Bonchev–Trinajstić information content (AvgIpc) is 3.82. The fourth-order valence-electron chi connectivity index (χ4n) is 10.3. The van der Waals surface area contributed by atoms with E-state index >= 15 is 0 Å². The minimum Gasteiger partial charge on any atom is -0.456 e. The van der Waals surface area contributed by atoms with Crippen LogP contribution in [-0.2, 0) is 5.41 Å². The molecule has 2 aliphatic carbocycles. The Morgan fingerprint density at radius 3 is 1.66 bits per heavy atom. The molecule has 1 unspecified atom stereocenters. The molecule has 2 aliphatic rings. The maximum atomic E-state index is 6.70. The first kappa shape index (κ1) is 34.6. The summed E-state index contributed by atoms with van der Waals surface area (Å²) >= 11 is 0. The standard InChI is InChI=1S/C58H35N3O/c1-2-13-37(14-3-1)53-34-54(61-57(60-53)38-26-24-36(25-27-38)40-15-12-30-59-35-40)39-28-29-45-42-17-5-4-16-41(42)43-18-6-9-21-49(43)58(51(45)31-39)50-22-10-7-19-44(50)47-32-48-46-20-8-11-23-55(46)62-56(48)33-52(47)58/h1-35H. The molecular weight excluding hydrogens is 755 g/mol. The quantitative estimate of drug-likeness (QED) is 0.178. The Kier molecular flexibility index (Phi) is 7.49. The third kappa shape index (κ3) is 5.04. The van der Waals surface area contributed by atoms with Gasteiger partial charge in [-0.25, -0.2) is 9.97 Å². The van der Waals surface area contributed by atoms with Crippen LogP contribution in [0.1, 0.15) is 22.3 Å². The Morgan fingerprint density at radius 2 is 0.919 bits per heavy atom. The number of aromatic nitrogens is 3. The zero-order valence-electron chi connectivity index (χ0n) is 33.5. The molecule has 8 aromatic carbocycles. The van der Waals surface area contributed by atoms with Gasteiger partial charge < -0.3 is 4.42 Å². The van der Waals surface area contributed by atoms with Gasteiger partial charge in [-0.15, -0.1) is 0 Å². The third-order valence-electron chi connectivity index (χ3n) is 13.0. The average molecular weight is 790 g/mol. The molecule has 3 heterocycles. The number of rotatable bonds is 4. The lowest BCUT2D eigenvalue weighted by Crippen LogP contribution is -2.29. The van der Waals surface area contributed by atoms with E-state index in [1.165, 1.54) is 55.6 Å². The molecule has 4 nitrogen and oxygen atoms in total. The maximum absolute atomic E-state index is 6.70. The van der Waals surface area contributed by atoms with Crippen molar-refractivity contribution < 1.29 is 4.42 Å². The highest BCUT2D eigenvalue weighted by atomic mass is 16.3. The van der Waals surface area contributed by atoms with Crippen LogP contribution in [0.5, 0.6) is 0 Å². The normalized spacial score (nSPS) is 14.5. The molecule has 0 bridgehead atoms. The fraction of sp³-hybridized carbons (Fsp3) is 0.0172. The second-order valence-corrected chi connectivity index (χ2v) is 16.3. The smallest absolute Gasteiger partial charge is 0.160 e. The van der Waals surface area contributed by atoms with E-state index in [0.29, 0.717) is 5.82 Å². The van der Waals surface area contributed by atoms with Crippen LogP contribution in [0, 0.1) is 0 Å². The van der Waals surface area contributed by atoms with Crippen LogP contribution in [-0.4, -0.2) is 15.0 Å². The lowest BCUT2D eigenvalue weighted by molar-refractivity contribution is 0.666. The minimum atomic E-state index is -0.694. The molecule has 1 atom stereocenters. The van der Waals surface area contributed by atoms with E-state index in [2.05, 4.69) is 187 Å². The van der Waals surface area contributed by atoms with Gasteiger partial charge in [0, 0.05) is 39.9 Å². The van der Waals surface area contributed by atoms with Gasteiger partial charge in [0.25, 0.3) is 0 Å². The van der Waals surface area contributed by atoms with Crippen LogP contribution in [0.3, 0.4) is 0 Å². The highest BCUT2D eigenvalue weighted by Gasteiger charge is 2.50. The summed E-state index contributed by atoms with van der Waals surface area (Å²) in [6, 6.07) is 72.0. The van der Waals surface area contributed by atoms with Crippen molar-refractivity contribution in [3.05, 3.63) is 235 Å². The van der Waals surface area contributed by atoms with Gasteiger partial charge in [-0.2, -0.15) is 0 Å². The van der Waals surface area contributed by atoms with Crippen LogP contribution >= 0.6 is 0 Å². The van der Waals surface area contributed by atoms with Crippen molar-refractivity contribution >= 4 is 21.9 Å². The lowest BCUT2D eigenvalue weighted by Gasteiger charge is -2.35. The monoisotopic (exact) mass is 789 g/mol. The summed E-state index contributed by atoms with van der Waals surface area (Å²) in [4.78, 5) is 14.9. The second-order valence-electron chi connectivity index (χ2n) is 16.3. The van der Waals surface area contributed by atoms with Gasteiger partial charge in [0.1, 0.15) is 11.2 Å². The Hall–Kier alpha value is -8.21. The van der Waals surface area contributed by atoms with Crippen molar-refractivity contribution in [2.75, 3.05) is 0 Å². The first-order chi connectivity index (χ1) is 30.7. The molecule has 11 aromatic rings. The predicted molar refractivity (Wildman–Crippen MR) is 251 cm³/mol. The lowest BCUT2D eigenvalue weighted by atomic mass is 9.65. The molecule has 62 heavy (non-hydrogen) atoms. The van der Waals surface area contributed by atoms with E-state index in [1.807, 2.05) is 24.4 Å². The van der Waals surface area contributed by atoms with Crippen molar-refractivity contribution in [2.24, 2.45) is 0 Å². The van der Waals surface area contributed by atoms with Gasteiger partial charge in [-0.05, 0) is 103 Å². The van der Waals surface area contributed by atoms with Gasteiger partial charge in [0.05, 0.1) is 16.8 Å². The van der Waals surface area contributed by atoms with Crippen molar-refractivity contribution in [3.8, 4) is 78.4 Å². The Balaban J connectivity index is 1.10. The first-order valence-corrected chi connectivity index (χ1v) is 21.1. The summed E-state index contributed by atoms with van der Waals surface area (Å²) < 4.78 is 6.70. The Labute approximate surface area is 358 Å². The second kappa shape index (κ2) is 13.4. The van der Waals surface area contributed by atoms with Crippen LogP contribution in [0.25, 0.3) is 100 Å². The van der Waals surface area contributed by atoms with Gasteiger partial charge in [0.2, 0.25) is 0 Å². The largest absolute Gasteiger partial charge is 0.456 e. The molecule has 0 saturated carbocycles. The van der Waals surface area contributed by atoms with E-state index in [9.17, 15) is 0 Å². The molecule has 0 N–H and O–H groups in total. The highest BCUT2D eigenvalue weighted by Crippen LogP contribution is 2.62. The summed E-state index contributed by atoms with van der Waals surface area (Å²) in [5.41, 5.74) is 20.2. The van der Waals surface area contributed by atoms with E-state index in [-0.39, 0.29) is 0 Å². The van der Waals surface area contributed by atoms with Crippen LogP contribution in [0.4, 0.5) is 0 Å². The highest BCUT2D eigenvalue weighted by molar-refractivity contribution is 6.09. The van der Waals surface area contributed by atoms with Crippen LogP contribution in [0.15, 0.2) is 217 Å². The number of nitrogens with zero attached hydrogens (tertiary/aromatic N) is 3. The SMILES string of the molecule is c1ccc(-c2cc(-c3ccc4c(c3)C3(c5ccccc5-c5ccccc5-4)c4ccccc4-c4cc5c(cc43)oc3ccccc35)nc(-c3ccc(-c4cccnc4)cc3)n2)cc1. The molecule has 0 aliphatic heterocycles. The molecule has 4 heteroatoms. The molecule has 13 rings (SSSR count). The van der Waals surface area contributed by atoms with Crippen molar-refractivity contribution in [1.29, 1.82) is 0 Å². The van der Waals surface area contributed by atoms with E-state index in [1.54, 1.807) is 6.20 Å². The van der Waals surface area contributed by atoms with E-state index in [0.717, 1.165) is 61.1 Å². The Bertz CT molecular complexity index is 3570. The van der Waals surface area contributed by atoms with E-state index < -0.39 is 5.41 Å². The molecule has 0 radical (unpaired) electrons. The summed E-state index contributed by atoms with van der Waals surface area (Å²) in [5, 5.41) is 2.25. The van der Waals surface area contributed by atoms with Crippen LogP contribution in [0.2, 0.25) is 0 Å². The first-order valence-electron chi connectivity index (χ1n) is 21.1. The minimum absolute atomic E-state index is 0.670. The maximum Gasteiger partial charge on any atom is 0.160 e. The zero-order chi connectivity index (χ0) is 40.8.